The summed E-state index contributed by atoms with van der Waals surface area (Å²) in [4.78, 5) is 6.63. The predicted octanol–water partition coefficient (Wildman–Crippen LogP) is 4.91. The van der Waals surface area contributed by atoms with E-state index in [1.54, 1.807) is 0 Å². The standard InChI is InChI=1S/C26H35N3O/c1-18-6-7-23-21(14-18)22-17-28(5)13-10-24(22)29(23)16-20(15-25(30)26(2,3)4)19-8-11-27-12-9-19/h6-9,11-12,14,20,25,30H,10,13,15-17H2,1-5H3. The average Bonchev–Trinajstić information content (AvgIpc) is 2.99. The lowest BCUT2D eigenvalue weighted by molar-refractivity contribution is 0.0477. The number of aliphatic hydroxyl groups is 1. The van der Waals surface area contributed by atoms with Gasteiger partial charge in [0.05, 0.1) is 6.10 Å². The molecule has 2 unspecified atom stereocenters. The number of pyridine rings is 1. The molecule has 1 aliphatic rings. The highest BCUT2D eigenvalue weighted by Crippen LogP contribution is 2.36. The van der Waals surface area contributed by atoms with E-state index in [4.69, 9.17) is 0 Å². The van der Waals surface area contributed by atoms with Crippen LogP contribution in [0.5, 0.6) is 0 Å². The minimum absolute atomic E-state index is 0.136. The Morgan fingerprint density at radius 3 is 2.57 bits per heavy atom. The van der Waals surface area contributed by atoms with E-state index in [0.717, 1.165) is 32.5 Å². The number of aliphatic hydroxyl groups excluding tert-OH is 1. The van der Waals surface area contributed by atoms with Crippen molar-refractivity contribution in [3.8, 4) is 0 Å². The maximum absolute atomic E-state index is 10.9. The van der Waals surface area contributed by atoms with Crippen molar-refractivity contribution in [3.63, 3.8) is 0 Å². The molecule has 1 aliphatic heterocycles. The van der Waals surface area contributed by atoms with E-state index in [2.05, 4.69) is 79.5 Å². The second-order valence-electron chi connectivity index (χ2n) is 10.1. The number of aromatic nitrogens is 2. The summed E-state index contributed by atoms with van der Waals surface area (Å²) in [5.41, 5.74) is 6.70. The third kappa shape index (κ3) is 4.17. The number of likely N-dealkylation sites (N-methyl/N-ethyl adjacent to an activating group) is 1. The van der Waals surface area contributed by atoms with Gasteiger partial charge in [-0.05, 0) is 61.2 Å². The second-order valence-corrected chi connectivity index (χ2v) is 10.1. The molecule has 0 bridgehead atoms. The van der Waals surface area contributed by atoms with Gasteiger partial charge in [0.25, 0.3) is 0 Å². The summed E-state index contributed by atoms with van der Waals surface area (Å²) in [5, 5.41) is 12.3. The Labute approximate surface area is 180 Å². The van der Waals surface area contributed by atoms with E-state index >= 15 is 0 Å². The van der Waals surface area contributed by atoms with Crippen LogP contribution in [0.15, 0.2) is 42.7 Å². The number of aryl methyl sites for hydroxylation is 1. The number of nitrogens with zero attached hydrogens (tertiary/aromatic N) is 3. The topological polar surface area (TPSA) is 41.3 Å². The zero-order chi connectivity index (χ0) is 21.5. The van der Waals surface area contributed by atoms with Crippen molar-refractivity contribution in [1.82, 2.24) is 14.5 Å². The zero-order valence-corrected chi connectivity index (χ0v) is 19.0. The first-order chi connectivity index (χ1) is 14.2. The fourth-order valence-electron chi connectivity index (χ4n) is 4.70. The lowest BCUT2D eigenvalue weighted by atomic mass is 9.81. The Bertz CT molecular complexity index is 1020. The van der Waals surface area contributed by atoms with E-state index in [0.29, 0.717) is 0 Å². The van der Waals surface area contributed by atoms with Crippen LogP contribution in [0.1, 0.15) is 55.5 Å². The van der Waals surface area contributed by atoms with Gasteiger partial charge in [-0.3, -0.25) is 4.98 Å². The molecule has 2 aromatic heterocycles. The first kappa shape index (κ1) is 21.1. The van der Waals surface area contributed by atoms with Crippen LogP contribution < -0.4 is 0 Å². The van der Waals surface area contributed by atoms with E-state index in [1.165, 1.54) is 33.3 Å². The number of rotatable bonds is 5. The number of hydrogen-bond donors (Lipinski definition) is 1. The molecule has 2 atom stereocenters. The second kappa shape index (κ2) is 8.16. The van der Waals surface area contributed by atoms with Gasteiger partial charge in [0.2, 0.25) is 0 Å². The maximum atomic E-state index is 10.9. The number of fused-ring (bicyclic) bond motifs is 3. The van der Waals surface area contributed by atoms with E-state index in [9.17, 15) is 5.11 Å². The van der Waals surface area contributed by atoms with Crippen molar-refractivity contribution < 1.29 is 5.11 Å². The number of benzene rings is 1. The quantitative estimate of drug-likeness (QED) is 0.655. The molecule has 160 valence electrons. The van der Waals surface area contributed by atoms with Crippen LogP contribution >= 0.6 is 0 Å². The number of hydrogen-bond acceptors (Lipinski definition) is 3. The molecule has 30 heavy (non-hydrogen) atoms. The van der Waals surface area contributed by atoms with Gasteiger partial charge in [-0.15, -0.1) is 0 Å². The molecular weight excluding hydrogens is 370 g/mol. The summed E-state index contributed by atoms with van der Waals surface area (Å²) in [6, 6.07) is 11.1. The summed E-state index contributed by atoms with van der Waals surface area (Å²) in [6.07, 6.45) is 5.19. The molecule has 0 aliphatic carbocycles. The lowest BCUT2D eigenvalue weighted by Crippen LogP contribution is -2.30. The molecule has 4 nitrogen and oxygen atoms in total. The van der Waals surface area contributed by atoms with Crippen LogP contribution in [0.2, 0.25) is 0 Å². The predicted molar refractivity (Wildman–Crippen MR) is 124 cm³/mol. The van der Waals surface area contributed by atoms with Crippen molar-refractivity contribution in [2.24, 2.45) is 5.41 Å². The van der Waals surface area contributed by atoms with Crippen molar-refractivity contribution in [2.45, 2.75) is 65.6 Å². The monoisotopic (exact) mass is 405 g/mol. The third-order valence-electron chi connectivity index (χ3n) is 6.69. The van der Waals surface area contributed by atoms with Crippen molar-refractivity contribution in [3.05, 3.63) is 65.1 Å². The van der Waals surface area contributed by atoms with E-state index < -0.39 is 0 Å². The Morgan fingerprint density at radius 1 is 1.13 bits per heavy atom. The summed E-state index contributed by atoms with van der Waals surface area (Å²) in [7, 11) is 2.21. The normalized spacial score (nSPS) is 17.1. The average molecular weight is 406 g/mol. The highest BCUT2D eigenvalue weighted by molar-refractivity contribution is 5.86. The molecule has 3 aromatic rings. The molecular formula is C26H35N3O. The van der Waals surface area contributed by atoms with Crippen LogP contribution in [-0.4, -0.2) is 39.3 Å². The molecule has 0 amide bonds. The van der Waals surface area contributed by atoms with E-state index in [1.807, 2.05) is 12.4 Å². The molecule has 0 radical (unpaired) electrons. The van der Waals surface area contributed by atoms with Crippen LogP contribution in [0, 0.1) is 12.3 Å². The molecule has 0 saturated heterocycles. The van der Waals surface area contributed by atoms with Gasteiger partial charge in [0.15, 0.2) is 0 Å². The third-order valence-corrected chi connectivity index (χ3v) is 6.69. The molecule has 1 aromatic carbocycles. The maximum Gasteiger partial charge on any atom is 0.0595 e. The molecule has 0 saturated carbocycles. The van der Waals surface area contributed by atoms with Crippen molar-refractivity contribution in [2.75, 3.05) is 13.6 Å². The van der Waals surface area contributed by atoms with Gasteiger partial charge in [0, 0.05) is 61.0 Å². The van der Waals surface area contributed by atoms with Gasteiger partial charge in [-0.1, -0.05) is 32.4 Å². The summed E-state index contributed by atoms with van der Waals surface area (Å²) < 4.78 is 2.54. The summed E-state index contributed by atoms with van der Waals surface area (Å²) >= 11 is 0. The minimum atomic E-state index is -0.360. The Morgan fingerprint density at radius 2 is 1.87 bits per heavy atom. The Kier molecular flexibility index (Phi) is 5.73. The van der Waals surface area contributed by atoms with Crippen molar-refractivity contribution in [1.29, 1.82) is 0 Å². The Hall–Kier alpha value is -2.17. The van der Waals surface area contributed by atoms with Gasteiger partial charge in [-0.2, -0.15) is 0 Å². The van der Waals surface area contributed by atoms with Gasteiger partial charge in [-0.25, -0.2) is 0 Å². The molecule has 3 heterocycles. The molecule has 4 heteroatoms. The van der Waals surface area contributed by atoms with Crippen LogP contribution in [0.25, 0.3) is 10.9 Å². The van der Waals surface area contributed by atoms with Crippen molar-refractivity contribution >= 4 is 10.9 Å². The lowest BCUT2D eigenvalue weighted by Gasteiger charge is -2.31. The first-order valence-electron chi connectivity index (χ1n) is 11.1. The zero-order valence-electron chi connectivity index (χ0n) is 19.0. The fourth-order valence-corrected chi connectivity index (χ4v) is 4.70. The minimum Gasteiger partial charge on any atom is -0.393 e. The molecule has 0 spiro atoms. The largest absolute Gasteiger partial charge is 0.393 e. The van der Waals surface area contributed by atoms with E-state index in [-0.39, 0.29) is 17.4 Å². The summed E-state index contributed by atoms with van der Waals surface area (Å²) in [5.74, 6) is 0.239. The molecule has 0 fully saturated rings. The van der Waals surface area contributed by atoms with Crippen LogP contribution in [0.3, 0.4) is 0 Å². The molecule has 1 N–H and O–H groups in total. The smallest absolute Gasteiger partial charge is 0.0595 e. The summed E-state index contributed by atoms with van der Waals surface area (Å²) in [6.45, 7) is 11.5. The molecule has 4 rings (SSSR count). The highest BCUT2D eigenvalue weighted by atomic mass is 16.3. The van der Waals surface area contributed by atoms with Crippen LogP contribution in [-0.2, 0) is 19.5 Å². The van der Waals surface area contributed by atoms with Gasteiger partial charge in [0.1, 0.15) is 0 Å². The highest BCUT2D eigenvalue weighted by Gasteiger charge is 2.29. The van der Waals surface area contributed by atoms with Crippen LogP contribution in [0.4, 0.5) is 0 Å². The fraction of sp³-hybridized carbons (Fsp3) is 0.500. The SMILES string of the molecule is Cc1ccc2c(c1)c1c(n2CC(CC(O)C(C)(C)C)c2ccncc2)CCN(C)C1. The Balaban J connectivity index is 1.78. The first-order valence-corrected chi connectivity index (χ1v) is 11.1. The van der Waals surface area contributed by atoms with Gasteiger partial charge >= 0.3 is 0 Å². The van der Waals surface area contributed by atoms with Gasteiger partial charge < -0.3 is 14.6 Å².